The second kappa shape index (κ2) is 6.41. The van der Waals surface area contributed by atoms with Crippen molar-refractivity contribution in [2.45, 2.75) is 46.7 Å². The number of nitrogens with zero attached hydrogens (tertiary/aromatic N) is 1. The summed E-state index contributed by atoms with van der Waals surface area (Å²) in [5.41, 5.74) is 0. The molecule has 0 aromatic heterocycles. The van der Waals surface area contributed by atoms with Crippen LogP contribution in [0.25, 0.3) is 0 Å². The van der Waals surface area contributed by atoms with Gasteiger partial charge in [0.05, 0.1) is 0 Å². The molecular formula is C12H28N2. The van der Waals surface area contributed by atoms with Gasteiger partial charge in [-0.3, -0.25) is 0 Å². The van der Waals surface area contributed by atoms with Crippen LogP contribution in [0.2, 0.25) is 0 Å². The normalized spacial score (nSPS) is 16.7. The van der Waals surface area contributed by atoms with Gasteiger partial charge in [-0.1, -0.05) is 27.7 Å². The third kappa shape index (κ3) is 4.97. The van der Waals surface area contributed by atoms with Crippen molar-refractivity contribution in [1.29, 1.82) is 0 Å². The number of rotatable bonds is 6. The highest BCUT2D eigenvalue weighted by Crippen LogP contribution is 2.07. The summed E-state index contributed by atoms with van der Waals surface area (Å²) in [7, 11) is 4.32. The van der Waals surface area contributed by atoms with E-state index in [1.165, 1.54) is 0 Å². The molecule has 0 fully saturated rings. The summed E-state index contributed by atoms with van der Waals surface area (Å²) >= 11 is 0. The monoisotopic (exact) mass is 200 g/mol. The molecule has 0 heterocycles. The Hall–Kier alpha value is -0.0800. The van der Waals surface area contributed by atoms with Crippen LogP contribution in [0.5, 0.6) is 0 Å². The van der Waals surface area contributed by atoms with E-state index in [-0.39, 0.29) is 0 Å². The summed E-state index contributed by atoms with van der Waals surface area (Å²) in [4.78, 5) is 2.31. The Balaban J connectivity index is 3.94. The van der Waals surface area contributed by atoms with Gasteiger partial charge in [0, 0.05) is 18.6 Å². The van der Waals surface area contributed by atoms with Gasteiger partial charge in [-0.05, 0) is 32.9 Å². The number of hydrogen-bond donors (Lipinski definition) is 1. The van der Waals surface area contributed by atoms with E-state index in [9.17, 15) is 0 Å². The third-order valence-electron chi connectivity index (χ3n) is 3.08. The molecule has 2 atom stereocenters. The Bertz CT molecular complexity index is 133. The van der Waals surface area contributed by atoms with Crippen LogP contribution in [-0.2, 0) is 0 Å². The summed E-state index contributed by atoms with van der Waals surface area (Å²) in [6, 6.07) is 1.24. The Labute approximate surface area is 90.1 Å². The summed E-state index contributed by atoms with van der Waals surface area (Å²) < 4.78 is 0. The first kappa shape index (κ1) is 13.9. The van der Waals surface area contributed by atoms with Crippen molar-refractivity contribution in [2.75, 3.05) is 20.6 Å². The molecule has 0 spiro atoms. The lowest BCUT2D eigenvalue weighted by Gasteiger charge is -2.30. The van der Waals surface area contributed by atoms with Gasteiger partial charge in [-0.25, -0.2) is 0 Å². The first-order valence-electron chi connectivity index (χ1n) is 5.76. The largest absolute Gasteiger partial charge is 0.312 e. The van der Waals surface area contributed by atoms with Crippen molar-refractivity contribution in [1.82, 2.24) is 10.2 Å². The zero-order valence-corrected chi connectivity index (χ0v) is 11.0. The van der Waals surface area contributed by atoms with Gasteiger partial charge in [-0.2, -0.15) is 0 Å². The van der Waals surface area contributed by atoms with Crippen molar-refractivity contribution in [3.8, 4) is 0 Å². The van der Waals surface area contributed by atoms with E-state index < -0.39 is 0 Å². The molecule has 2 unspecified atom stereocenters. The van der Waals surface area contributed by atoms with Crippen LogP contribution >= 0.6 is 0 Å². The van der Waals surface area contributed by atoms with E-state index in [2.05, 4.69) is 58.9 Å². The molecular weight excluding hydrogens is 172 g/mol. The van der Waals surface area contributed by atoms with E-state index in [1.807, 2.05) is 0 Å². The van der Waals surface area contributed by atoms with E-state index in [0.29, 0.717) is 23.9 Å². The Morgan fingerprint density at radius 3 is 1.71 bits per heavy atom. The molecule has 0 aromatic carbocycles. The third-order valence-corrected chi connectivity index (χ3v) is 3.08. The van der Waals surface area contributed by atoms with Crippen LogP contribution in [-0.4, -0.2) is 37.6 Å². The molecule has 2 heteroatoms. The minimum Gasteiger partial charge on any atom is -0.312 e. The molecule has 86 valence electrons. The molecule has 0 amide bonds. The van der Waals surface area contributed by atoms with Gasteiger partial charge in [-0.15, -0.1) is 0 Å². The van der Waals surface area contributed by atoms with Crippen molar-refractivity contribution >= 4 is 0 Å². The summed E-state index contributed by atoms with van der Waals surface area (Å²) in [6.45, 7) is 12.4. The molecule has 0 saturated heterocycles. The van der Waals surface area contributed by atoms with Crippen molar-refractivity contribution in [3.05, 3.63) is 0 Å². The second-order valence-electron chi connectivity index (χ2n) is 5.22. The van der Waals surface area contributed by atoms with E-state index >= 15 is 0 Å². The number of likely N-dealkylation sites (N-methyl/N-ethyl adjacent to an activating group) is 1. The number of nitrogens with one attached hydrogen (secondary N) is 1. The fraction of sp³-hybridized carbons (Fsp3) is 1.00. The highest BCUT2D eigenvalue weighted by atomic mass is 15.1. The lowest BCUT2D eigenvalue weighted by molar-refractivity contribution is 0.214. The van der Waals surface area contributed by atoms with E-state index in [1.54, 1.807) is 0 Å². The molecule has 0 bridgehead atoms. The second-order valence-corrected chi connectivity index (χ2v) is 5.22. The highest BCUT2D eigenvalue weighted by molar-refractivity contribution is 4.75. The molecule has 0 radical (unpaired) electrons. The fourth-order valence-electron chi connectivity index (χ4n) is 1.56. The molecule has 0 aromatic rings. The highest BCUT2D eigenvalue weighted by Gasteiger charge is 2.16. The van der Waals surface area contributed by atoms with Gasteiger partial charge in [0.25, 0.3) is 0 Å². The van der Waals surface area contributed by atoms with Crippen LogP contribution in [0.15, 0.2) is 0 Å². The molecule has 0 aliphatic heterocycles. The maximum atomic E-state index is 3.60. The topological polar surface area (TPSA) is 15.3 Å². The maximum Gasteiger partial charge on any atom is 0.0237 e. The van der Waals surface area contributed by atoms with E-state index in [4.69, 9.17) is 0 Å². The van der Waals surface area contributed by atoms with Gasteiger partial charge >= 0.3 is 0 Å². The Morgan fingerprint density at radius 1 is 0.929 bits per heavy atom. The maximum absolute atomic E-state index is 3.60. The first-order valence-corrected chi connectivity index (χ1v) is 5.76. The minimum absolute atomic E-state index is 0.608. The zero-order valence-electron chi connectivity index (χ0n) is 11.0. The van der Waals surface area contributed by atoms with Gasteiger partial charge in [0.2, 0.25) is 0 Å². The van der Waals surface area contributed by atoms with Crippen molar-refractivity contribution < 1.29 is 0 Å². The van der Waals surface area contributed by atoms with Crippen LogP contribution in [0.1, 0.15) is 34.6 Å². The molecule has 1 N–H and O–H groups in total. The summed E-state index contributed by atoms with van der Waals surface area (Å²) in [5.74, 6) is 1.42. The lowest BCUT2D eigenvalue weighted by Crippen LogP contribution is -2.45. The van der Waals surface area contributed by atoms with Gasteiger partial charge < -0.3 is 10.2 Å². The predicted octanol–water partition coefficient (Wildman–Crippen LogP) is 2.21. The molecule has 14 heavy (non-hydrogen) atoms. The standard InChI is InChI=1S/C12H28N2/c1-9(2)11(5)13-8-12(10(3)4)14(6)7/h9-13H,8H2,1-7H3. The number of hydrogen-bond acceptors (Lipinski definition) is 2. The van der Waals surface area contributed by atoms with Crippen molar-refractivity contribution in [2.24, 2.45) is 11.8 Å². The van der Waals surface area contributed by atoms with Gasteiger partial charge in [0.1, 0.15) is 0 Å². The SMILES string of the molecule is CC(C)C(C)NCC(C(C)C)N(C)C. The fourth-order valence-corrected chi connectivity index (χ4v) is 1.56. The quantitative estimate of drug-likeness (QED) is 0.707. The first-order chi connectivity index (χ1) is 6.36. The Morgan fingerprint density at radius 2 is 1.43 bits per heavy atom. The lowest BCUT2D eigenvalue weighted by atomic mass is 10.0. The molecule has 0 aliphatic carbocycles. The average molecular weight is 200 g/mol. The Kier molecular flexibility index (Phi) is 6.38. The summed E-state index contributed by atoms with van der Waals surface area (Å²) in [5, 5.41) is 3.60. The summed E-state index contributed by atoms with van der Waals surface area (Å²) in [6.07, 6.45) is 0. The van der Waals surface area contributed by atoms with Crippen LogP contribution in [0, 0.1) is 11.8 Å². The van der Waals surface area contributed by atoms with Crippen LogP contribution in [0.3, 0.4) is 0 Å². The smallest absolute Gasteiger partial charge is 0.0237 e. The minimum atomic E-state index is 0.608. The average Bonchev–Trinajstić information content (AvgIpc) is 2.02. The van der Waals surface area contributed by atoms with Gasteiger partial charge in [0.15, 0.2) is 0 Å². The van der Waals surface area contributed by atoms with Crippen LogP contribution in [0.4, 0.5) is 0 Å². The van der Waals surface area contributed by atoms with E-state index in [0.717, 1.165) is 6.54 Å². The molecule has 0 saturated carbocycles. The molecule has 2 nitrogen and oxygen atoms in total. The molecule has 0 aliphatic rings. The molecule has 0 rings (SSSR count). The van der Waals surface area contributed by atoms with Crippen molar-refractivity contribution in [3.63, 3.8) is 0 Å². The zero-order chi connectivity index (χ0) is 11.3. The predicted molar refractivity (Wildman–Crippen MR) is 64.6 cm³/mol. The van der Waals surface area contributed by atoms with Crippen LogP contribution < -0.4 is 5.32 Å².